The van der Waals surface area contributed by atoms with E-state index in [1.807, 2.05) is 23.1 Å². The van der Waals surface area contributed by atoms with Gasteiger partial charge in [0.1, 0.15) is 5.82 Å². The van der Waals surface area contributed by atoms with Crippen LogP contribution in [0.2, 0.25) is 0 Å². The second-order valence-corrected chi connectivity index (χ2v) is 6.31. The lowest BCUT2D eigenvalue weighted by Crippen LogP contribution is -2.42. The molecule has 0 atom stereocenters. The lowest BCUT2D eigenvalue weighted by atomic mass is 9.92. The van der Waals surface area contributed by atoms with Gasteiger partial charge >= 0.3 is 0 Å². The van der Waals surface area contributed by atoms with Crippen LogP contribution in [0.5, 0.6) is 0 Å². The molecule has 3 heteroatoms. The van der Waals surface area contributed by atoms with Crippen molar-refractivity contribution in [1.29, 1.82) is 0 Å². The highest BCUT2D eigenvalue weighted by Gasteiger charge is 2.54. The standard InChI is InChI=1S/C19H18FNO/c20-17-8-4-3-7-16(17)19(10-11-19)18(22)21-12-9-14-5-1-2-6-15(14)13-21/h1-8H,9-13H2. The molecule has 112 valence electrons. The maximum Gasteiger partial charge on any atom is 0.233 e. The number of rotatable bonds is 2. The molecule has 0 unspecified atom stereocenters. The molecule has 0 radical (unpaired) electrons. The fourth-order valence-corrected chi connectivity index (χ4v) is 3.54. The van der Waals surface area contributed by atoms with E-state index in [1.165, 1.54) is 17.2 Å². The van der Waals surface area contributed by atoms with Crippen molar-refractivity contribution in [3.8, 4) is 0 Å². The van der Waals surface area contributed by atoms with Gasteiger partial charge in [0.15, 0.2) is 0 Å². The number of carbonyl (C=O) groups excluding carboxylic acids is 1. The summed E-state index contributed by atoms with van der Waals surface area (Å²) in [5.41, 5.74) is 2.49. The molecule has 0 spiro atoms. The summed E-state index contributed by atoms with van der Waals surface area (Å²) in [6.07, 6.45) is 2.39. The number of benzene rings is 2. The van der Waals surface area contributed by atoms with E-state index in [-0.39, 0.29) is 11.7 Å². The van der Waals surface area contributed by atoms with E-state index in [4.69, 9.17) is 0 Å². The molecule has 0 saturated heterocycles. The molecule has 4 rings (SSSR count). The van der Waals surface area contributed by atoms with Crippen LogP contribution in [0.4, 0.5) is 4.39 Å². The molecule has 1 saturated carbocycles. The summed E-state index contributed by atoms with van der Waals surface area (Å²) in [7, 11) is 0. The Balaban J connectivity index is 1.62. The molecule has 1 amide bonds. The van der Waals surface area contributed by atoms with E-state index in [1.54, 1.807) is 12.1 Å². The van der Waals surface area contributed by atoms with E-state index in [0.717, 1.165) is 25.8 Å². The molecule has 1 heterocycles. The van der Waals surface area contributed by atoms with Crippen molar-refractivity contribution < 1.29 is 9.18 Å². The minimum absolute atomic E-state index is 0.0899. The third-order valence-corrected chi connectivity index (χ3v) is 4.97. The predicted octanol–water partition coefficient (Wildman–Crippen LogP) is 3.44. The Labute approximate surface area is 129 Å². The van der Waals surface area contributed by atoms with Crippen LogP contribution in [0.3, 0.4) is 0 Å². The van der Waals surface area contributed by atoms with E-state index in [2.05, 4.69) is 12.1 Å². The summed E-state index contributed by atoms with van der Waals surface area (Å²) < 4.78 is 14.1. The van der Waals surface area contributed by atoms with Gasteiger partial charge in [0.2, 0.25) is 5.91 Å². The Kier molecular flexibility index (Phi) is 3.03. The van der Waals surface area contributed by atoms with Gasteiger partial charge in [-0.15, -0.1) is 0 Å². The summed E-state index contributed by atoms with van der Waals surface area (Å²) in [6, 6.07) is 15.0. The lowest BCUT2D eigenvalue weighted by molar-refractivity contribution is -0.135. The highest BCUT2D eigenvalue weighted by atomic mass is 19.1. The van der Waals surface area contributed by atoms with Gasteiger partial charge < -0.3 is 4.90 Å². The van der Waals surface area contributed by atoms with Gasteiger partial charge in [0, 0.05) is 18.7 Å². The average Bonchev–Trinajstić information content (AvgIpc) is 3.36. The van der Waals surface area contributed by atoms with Crippen molar-refractivity contribution in [3.05, 3.63) is 71.0 Å². The van der Waals surface area contributed by atoms with Gasteiger partial charge in [0.25, 0.3) is 0 Å². The zero-order valence-electron chi connectivity index (χ0n) is 12.4. The summed E-state index contributed by atoms with van der Waals surface area (Å²) in [6.45, 7) is 1.37. The topological polar surface area (TPSA) is 20.3 Å². The van der Waals surface area contributed by atoms with Crippen LogP contribution in [-0.4, -0.2) is 17.4 Å². The van der Waals surface area contributed by atoms with E-state index in [9.17, 15) is 9.18 Å². The molecule has 0 N–H and O–H groups in total. The van der Waals surface area contributed by atoms with Gasteiger partial charge in [0.05, 0.1) is 5.41 Å². The fourth-order valence-electron chi connectivity index (χ4n) is 3.54. The monoisotopic (exact) mass is 295 g/mol. The van der Waals surface area contributed by atoms with Crippen LogP contribution < -0.4 is 0 Å². The minimum Gasteiger partial charge on any atom is -0.337 e. The summed E-state index contributed by atoms with van der Waals surface area (Å²) >= 11 is 0. The molecule has 0 bridgehead atoms. The average molecular weight is 295 g/mol. The zero-order valence-corrected chi connectivity index (χ0v) is 12.4. The molecule has 1 aliphatic carbocycles. The Morgan fingerprint density at radius 2 is 1.68 bits per heavy atom. The molecule has 1 aliphatic heterocycles. The number of carbonyl (C=O) groups is 1. The number of hydrogen-bond acceptors (Lipinski definition) is 1. The Morgan fingerprint density at radius 3 is 2.41 bits per heavy atom. The minimum atomic E-state index is -0.613. The second-order valence-electron chi connectivity index (χ2n) is 6.31. The van der Waals surface area contributed by atoms with E-state index in [0.29, 0.717) is 12.1 Å². The van der Waals surface area contributed by atoms with Gasteiger partial charge in [-0.2, -0.15) is 0 Å². The van der Waals surface area contributed by atoms with Crippen LogP contribution in [0.1, 0.15) is 29.5 Å². The first-order valence-corrected chi connectivity index (χ1v) is 7.82. The SMILES string of the molecule is O=C(N1CCc2ccccc2C1)C1(c2ccccc2F)CC1. The summed E-state index contributed by atoms with van der Waals surface area (Å²) in [5, 5.41) is 0. The Bertz CT molecular complexity index is 736. The number of fused-ring (bicyclic) bond motifs is 1. The maximum absolute atomic E-state index is 14.1. The molecule has 1 fully saturated rings. The molecular weight excluding hydrogens is 277 g/mol. The van der Waals surface area contributed by atoms with Gasteiger partial charge in [-0.3, -0.25) is 4.79 Å². The van der Waals surface area contributed by atoms with Gasteiger partial charge in [-0.25, -0.2) is 4.39 Å². The van der Waals surface area contributed by atoms with Gasteiger partial charge in [-0.1, -0.05) is 42.5 Å². The second kappa shape index (κ2) is 4.94. The quantitative estimate of drug-likeness (QED) is 0.831. The highest BCUT2D eigenvalue weighted by molar-refractivity contribution is 5.91. The maximum atomic E-state index is 14.1. The zero-order chi connectivity index (χ0) is 15.2. The molecule has 2 nitrogen and oxygen atoms in total. The normalized spacial score (nSPS) is 18.7. The molecule has 2 aromatic rings. The van der Waals surface area contributed by atoms with Crippen LogP contribution in [0.25, 0.3) is 0 Å². The lowest BCUT2D eigenvalue weighted by Gasteiger charge is -2.32. The largest absolute Gasteiger partial charge is 0.337 e. The van der Waals surface area contributed by atoms with Crippen LogP contribution in [0.15, 0.2) is 48.5 Å². The number of halogens is 1. The van der Waals surface area contributed by atoms with Crippen molar-refractivity contribution in [2.75, 3.05) is 6.54 Å². The molecule has 2 aliphatic rings. The number of hydrogen-bond donors (Lipinski definition) is 0. The first-order chi connectivity index (χ1) is 10.7. The first kappa shape index (κ1) is 13.5. The molecule has 22 heavy (non-hydrogen) atoms. The van der Waals surface area contributed by atoms with Crippen molar-refractivity contribution in [1.82, 2.24) is 4.90 Å². The first-order valence-electron chi connectivity index (χ1n) is 7.82. The fraction of sp³-hybridized carbons (Fsp3) is 0.316. The summed E-state index contributed by atoms with van der Waals surface area (Å²) in [4.78, 5) is 14.9. The van der Waals surface area contributed by atoms with Crippen molar-refractivity contribution in [2.45, 2.75) is 31.2 Å². The van der Waals surface area contributed by atoms with Crippen molar-refractivity contribution in [2.24, 2.45) is 0 Å². The van der Waals surface area contributed by atoms with Gasteiger partial charge in [-0.05, 0) is 36.5 Å². The smallest absolute Gasteiger partial charge is 0.233 e. The third kappa shape index (κ3) is 2.04. The summed E-state index contributed by atoms with van der Waals surface area (Å²) in [5.74, 6) is -0.169. The van der Waals surface area contributed by atoms with E-state index >= 15 is 0 Å². The molecular formula is C19H18FNO. The number of amides is 1. The third-order valence-electron chi connectivity index (χ3n) is 4.97. The molecule has 2 aromatic carbocycles. The van der Waals surface area contributed by atoms with Crippen LogP contribution >= 0.6 is 0 Å². The Hall–Kier alpha value is -2.16. The van der Waals surface area contributed by atoms with E-state index < -0.39 is 5.41 Å². The predicted molar refractivity (Wildman–Crippen MR) is 82.9 cm³/mol. The van der Waals surface area contributed by atoms with Crippen LogP contribution in [-0.2, 0) is 23.2 Å². The van der Waals surface area contributed by atoms with Crippen molar-refractivity contribution >= 4 is 5.91 Å². The Morgan fingerprint density at radius 1 is 1.00 bits per heavy atom. The van der Waals surface area contributed by atoms with Crippen molar-refractivity contribution in [3.63, 3.8) is 0 Å². The molecule has 0 aromatic heterocycles. The number of nitrogens with zero attached hydrogens (tertiary/aromatic N) is 1. The van der Waals surface area contributed by atoms with Crippen LogP contribution in [0, 0.1) is 5.82 Å². The highest BCUT2D eigenvalue weighted by Crippen LogP contribution is 2.50.